The molecule has 1 amide bonds. The summed E-state index contributed by atoms with van der Waals surface area (Å²) in [6.07, 6.45) is 2.17. The van der Waals surface area contributed by atoms with Gasteiger partial charge in [-0.05, 0) is 32.8 Å². The van der Waals surface area contributed by atoms with E-state index in [0.717, 1.165) is 31.6 Å². The van der Waals surface area contributed by atoms with E-state index in [-0.39, 0.29) is 17.6 Å². The van der Waals surface area contributed by atoms with Gasteiger partial charge < -0.3 is 10.2 Å². The predicted octanol–water partition coefficient (Wildman–Crippen LogP) is 2.33. The Morgan fingerprint density at radius 3 is 2.55 bits per heavy atom. The van der Waals surface area contributed by atoms with E-state index in [1.54, 1.807) is 6.07 Å². The summed E-state index contributed by atoms with van der Waals surface area (Å²) in [5, 5.41) is 13.7. The van der Waals surface area contributed by atoms with Crippen molar-refractivity contribution in [2.75, 3.05) is 18.0 Å². The fourth-order valence-electron chi connectivity index (χ4n) is 2.39. The van der Waals surface area contributed by atoms with Crippen molar-refractivity contribution in [3.8, 4) is 0 Å². The summed E-state index contributed by atoms with van der Waals surface area (Å²) in [5.74, 6) is -0.259. The topological polar surface area (TPSA) is 75.5 Å². The molecule has 1 aliphatic rings. The number of carbonyl (C=O) groups is 1. The van der Waals surface area contributed by atoms with Crippen molar-refractivity contribution in [1.29, 1.82) is 0 Å². The Hall–Kier alpha value is -2.11. The highest BCUT2D eigenvalue weighted by molar-refractivity contribution is 6.00. The van der Waals surface area contributed by atoms with Crippen LogP contribution in [0.4, 0.5) is 11.4 Å². The maximum absolute atomic E-state index is 12.2. The average Bonchev–Trinajstić information content (AvgIpc) is 2.90. The molecule has 0 aromatic heterocycles. The fraction of sp³-hybridized carbons (Fsp3) is 0.500. The summed E-state index contributed by atoms with van der Waals surface area (Å²) in [4.78, 5) is 24.8. The molecule has 2 rings (SSSR count). The molecule has 108 valence electrons. The lowest BCUT2D eigenvalue weighted by Gasteiger charge is -2.21. The molecule has 1 aromatic rings. The highest BCUT2D eigenvalue weighted by Gasteiger charge is 2.22. The van der Waals surface area contributed by atoms with Gasteiger partial charge in [0.05, 0.1) is 16.2 Å². The summed E-state index contributed by atoms with van der Waals surface area (Å²) in [6.45, 7) is 5.51. The number of benzene rings is 1. The van der Waals surface area contributed by atoms with Crippen molar-refractivity contribution in [2.45, 2.75) is 32.7 Å². The number of nitro groups is 1. The smallest absolute Gasteiger partial charge is 0.270 e. The summed E-state index contributed by atoms with van der Waals surface area (Å²) in [5.41, 5.74) is 1.11. The number of amides is 1. The Labute approximate surface area is 117 Å². The molecule has 1 aliphatic heterocycles. The van der Waals surface area contributed by atoms with Gasteiger partial charge in [0.2, 0.25) is 0 Å². The number of nitrogens with zero attached hydrogens (tertiary/aromatic N) is 2. The first-order valence-corrected chi connectivity index (χ1v) is 6.83. The maximum Gasteiger partial charge on any atom is 0.270 e. The van der Waals surface area contributed by atoms with Gasteiger partial charge in [-0.3, -0.25) is 14.9 Å². The molecule has 6 heteroatoms. The third-order valence-electron chi connectivity index (χ3n) is 3.30. The molecule has 0 aliphatic carbocycles. The molecule has 0 radical (unpaired) electrons. The normalized spacial score (nSPS) is 14.7. The zero-order valence-electron chi connectivity index (χ0n) is 11.8. The summed E-state index contributed by atoms with van der Waals surface area (Å²) in [6, 6.07) is 4.50. The first-order chi connectivity index (χ1) is 9.49. The first kappa shape index (κ1) is 14.3. The number of hydrogen-bond acceptors (Lipinski definition) is 4. The van der Waals surface area contributed by atoms with E-state index in [9.17, 15) is 14.9 Å². The molecule has 0 spiro atoms. The summed E-state index contributed by atoms with van der Waals surface area (Å²) in [7, 11) is 0. The minimum Gasteiger partial charge on any atom is -0.371 e. The highest BCUT2D eigenvalue weighted by atomic mass is 16.6. The summed E-state index contributed by atoms with van der Waals surface area (Å²) < 4.78 is 0. The van der Waals surface area contributed by atoms with Gasteiger partial charge in [0.15, 0.2) is 0 Å². The second-order valence-corrected chi connectivity index (χ2v) is 5.28. The lowest BCUT2D eigenvalue weighted by atomic mass is 10.1. The van der Waals surface area contributed by atoms with Gasteiger partial charge in [0.25, 0.3) is 11.6 Å². The van der Waals surface area contributed by atoms with Gasteiger partial charge in [-0.25, -0.2) is 0 Å². The maximum atomic E-state index is 12.2. The molecule has 6 nitrogen and oxygen atoms in total. The molecule has 1 N–H and O–H groups in total. The van der Waals surface area contributed by atoms with Crippen LogP contribution in [-0.4, -0.2) is 30.0 Å². The molecule has 1 fully saturated rings. The van der Waals surface area contributed by atoms with Crippen molar-refractivity contribution >= 4 is 17.3 Å². The Morgan fingerprint density at radius 2 is 2.00 bits per heavy atom. The Kier molecular flexibility index (Phi) is 4.22. The zero-order chi connectivity index (χ0) is 14.7. The first-order valence-electron chi connectivity index (χ1n) is 6.83. The second kappa shape index (κ2) is 5.90. The third-order valence-corrected chi connectivity index (χ3v) is 3.30. The SMILES string of the molecule is CC(C)NC(=O)c1cc([N+](=O)[O-])ccc1N1CCCC1. The Balaban J connectivity index is 2.39. The average molecular weight is 277 g/mol. The quantitative estimate of drug-likeness (QED) is 0.677. The van der Waals surface area contributed by atoms with Crippen LogP contribution in [0.3, 0.4) is 0 Å². The second-order valence-electron chi connectivity index (χ2n) is 5.28. The van der Waals surface area contributed by atoms with E-state index in [1.165, 1.54) is 12.1 Å². The van der Waals surface area contributed by atoms with Crippen LogP contribution in [0.25, 0.3) is 0 Å². The molecule has 1 heterocycles. The van der Waals surface area contributed by atoms with Crippen LogP contribution in [0.2, 0.25) is 0 Å². The zero-order valence-corrected chi connectivity index (χ0v) is 11.8. The number of non-ortho nitro benzene ring substituents is 1. The van der Waals surface area contributed by atoms with E-state index in [0.29, 0.717) is 5.56 Å². The van der Waals surface area contributed by atoms with Crippen molar-refractivity contribution in [2.24, 2.45) is 0 Å². The number of nitrogens with one attached hydrogen (secondary N) is 1. The number of hydrogen-bond donors (Lipinski definition) is 1. The van der Waals surface area contributed by atoms with Crippen LogP contribution in [0, 0.1) is 10.1 Å². The van der Waals surface area contributed by atoms with Gasteiger partial charge in [-0.15, -0.1) is 0 Å². The van der Waals surface area contributed by atoms with E-state index in [1.807, 2.05) is 13.8 Å². The van der Waals surface area contributed by atoms with Crippen LogP contribution in [0.15, 0.2) is 18.2 Å². The highest BCUT2D eigenvalue weighted by Crippen LogP contribution is 2.28. The largest absolute Gasteiger partial charge is 0.371 e. The Morgan fingerprint density at radius 1 is 1.35 bits per heavy atom. The van der Waals surface area contributed by atoms with Gasteiger partial charge in [0.1, 0.15) is 0 Å². The number of rotatable bonds is 4. The van der Waals surface area contributed by atoms with Gasteiger partial charge in [-0.1, -0.05) is 0 Å². The minimum absolute atomic E-state index is 0.00631. The Bertz CT molecular complexity index is 522. The number of carbonyl (C=O) groups excluding carboxylic acids is 1. The predicted molar refractivity (Wildman–Crippen MR) is 77.1 cm³/mol. The molecule has 0 saturated carbocycles. The van der Waals surface area contributed by atoms with Crippen molar-refractivity contribution < 1.29 is 9.72 Å². The van der Waals surface area contributed by atoms with Crippen LogP contribution in [0.1, 0.15) is 37.0 Å². The van der Waals surface area contributed by atoms with E-state index >= 15 is 0 Å². The van der Waals surface area contributed by atoms with Gasteiger partial charge >= 0.3 is 0 Å². The van der Waals surface area contributed by atoms with Crippen LogP contribution >= 0.6 is 0 Å². The molecular weight excluding hydrogens is 258 g/mol. The van der Waals surface area contributed by atoms with Gasteiger partial charge in [0, 0.05) is 31.3 Å². The molecular formula is C14H19N3O3. The van der Waals surface area contributed by atoms with Crippen molar-refractivity contribution in [1.82, 2.24) is 5.32 Å². The van der Waals surface area contributed by atoms with Gasteiger partial charge in [-0.2, -0.15) is 0 Å². The van der Waals surface area contributed by atoms with Crippen LogP contribution in [0.5, 0.6) is 0 Å². The third kappa shape index (κ3) is 3.07. The molecule has 20 heavy (non-hydrogen) atoms. The number of anilines is 1. The van der Waals surface area contributed by atoms with Crippen LogP contribution < -0.4 is 10.2 Å². The molecule has 0 atom stereocenters. The monoisotopic (exact) mass is 277 g/mol. The minimum atomic E-state index is -0.472. The molecule has 1 aromatic carbocycles. The van der Waals surface area contributed by atoms with Crippen LogP contribution in [-0.2, 0) is 0 Å². The number of nitro benzene ring substituents is 1. The molecule has 0 bridgehead atoms. The lowest BCUT2D eigenvalue weighted by molar-refractivity contribution is -0.384. The van der Waals surface area contributed by atoms with Crippen molar-refractivity contribution in [3.05, 3.63) is 33.9 Å². The van der Waals surface area contributed by atoms with E-state index < -0.39 is 4.92 Å². The standard InChI is InChI=1S/C14H19N3O3/c1-10(2)15-14(18)12-9-11(17(19)20)5-6-13(12)16-7-3-4-8-16/h5-6,9-10H,3-4,7-8H2,1-2H3,(H,15,18). The van der Waals surface area contributed by atoms with Crippen molar-refractivity contribution in [3.63, 3.8) is 0 Å². The van der Waals surface area contributed by atoms with E-state index in [4.69, 9.17) is 0 Å². The molecule has 0 unspecified atom stereocenters. The lowest BCUT2D eigenvalue weighted by Crippen LogP contribution is -2.32. The van der Waals surface area contributed by atoms with E-state index in [2.05, 4.69) is 10.2 Å². The molecule has 1 saturated heterocycles. The summed E-state index contributed by atoms with van der Waals surface area (Å²) >= 11 is 0. The fourth-order valence-corrected chi connectivity index (χ4v) is 2.39.